The van der Waals surface area contributed by atoms with Gasteiger partial charge in [0, 0.05) is 11.6 Å². The van der Waals surface area contributed by atoms with Crippen molar-refractivity contribution < 1.29 is 14.7 Å². The predicted molar refractivity (Wildman–Crippen MR) is 83.7 cm³/mol. The Labute approximate surface area is 135 Å². The summed E-state index contributed by atoms with van der Waals surface area (Å²) in [5, 5.41) is 18.3. The molecule has 1 aliphatic heterocycles. The van der Waals surface area contributed by atoms with Crippen LogP contribution in [0.3, 0.4) is 0 Å². The second-order valence-corrected chi connectivity index (χ2v) is 6.45. The molecule has 0 bridgehead atoms. The summed E-state index contributed by atoms with van der Waals surface area (Å²) in [6.07, 6.45) is 4.86. The third-order valence-electron chi connectivity index (χ3n) is 5.06. The molecule has 2 aliphatic rings. The molecule has 1 heterocycles. The van der Waals surface area contributed by atoms with Crippen LogP contribution in [0.2, 0.25) is 0 Å². The SMILES string of the molecule is N#CCc1cccc(C(=O)N2[C@H](C(=O)O)C[C@H]3CCCC[C@@H]32)c1. The van der Waals surface area contributed by atoms with Gasteiger partial charge in [-0.25, -0.2) is 4.79 Å². The zero-order chi connectivity index (χ0) is 16.4. The minimum absolute atomic E-state index is 0.0389. The molecule has 2 fully saturated rings. The molecule has 1 aromatic carbocycles. The summed E-state index contributed by atoms with van der Waals surface area (Å²) < 4.78 is 0. The lowest BCUT2D eigenvalue weighted by Crippen LogP contribution is -2.46. The van der Waals surface area contributed by atoms with Crippen molar-refractivity contribution >= 4 is 11.9 Å². The van der Waals surface area contributed by atoms with Gasteiger partial charge in [0.05, 0.1) is 12.5 Å². The molecule has 23 heavy (non-hydrogen) atoms. The first-order valence-electron chi connectivity index (χ1n) is 8.13. The molecule has 1 saturated carbocycles. The van der Waals surface area contributed by atoms with Crippen LogP contribution in [0.5, 0.6) is 0 Å². The van der Waals surface area contributed by atoms with Gasteiger partial charge in [-0.2, -0.15) is 5.26 Å². The van der Waals surface area contributed by atoms with Gasteiger partial charge in [-0.1, -0.05) is 25.0 Å². The number of rotatable bonds is 3. The van der Waals surface area contributed by atoms with Crippen molar-refractivity contribution in [1.29, 1.82) is 5.26 Å². The Morgan fingerprint density at radius 2 is 2.09 bits per heavy atom. The first kappa shape index (κ1) is 15.5. The van der Waals surface area contributed by atoms with Crippen molar-refractivity contribution in [2.24, 2.45) is 5.92 Å². The van der Waals surface area contributed by atoms with Crippen LogP contribution >= 0.6 is 0 Å². The molecule has 5 nitrogen and oxygen atoms in total. The maximum atomic E-state index is 13.0. The lowest BCUT2D eigenvalue weighted by molar-refractivity contribution is -0.141. The average Bonchev–Trinajstić information content (AvgIpc) is 2.94. The van der Waals surface area contributed by atoms with E-state index in [1.807, 2.05) is 6.07 Å². The maximum Gasteiger partial charge on any atom is 0.326 e. The van der Waals surface area contributed by atoms with Crippen LogP contribution in [0.15, 0.2) is 24.3 Å². The van der Waals surface area contributed by atoms with Gasteiger partial charge in [-0.05, 0) is 42.9 Å². The summed E-state index contributed by atoms with van der Waals surface area (Å²) >= 11 is 0. The smallest absolute Gasteiger partial charge is 0.326 e. The number of hydrogen-bond acceptors (Lipinski definition) is 3. The van der Waals surface area contributed by atoms with E-state index < -0.39 is 12.0 Å². The molecule has 3 atom stereocenters. The van der Waals surface area contributed by atoms with Crippen molar-refractivity contribution in [2.75, 3.05) is 0 Å². The average molecular weight is 312 g/mol. The fourth-order valence-corrected chi connectivity index (χ4v) is 4.03. The highest BCUT2D eigenvalue weighted by molar-refractivity contribution is 5.97. The van der Waals surface area contributed by atoms with E-state index in [1.165, 1.54) is 0 Å². The zero-order valence-electron chi connectivity index (χ0n) is 12.9. The van der Waals surface area contributed by atoms with Crippen LogP contribution in [0.25, 0.3) is 0 Å². The van der Waals surface area contributed by atoms with E-state index in [9.17, 15) is 14.7 Å². The lowest BCUT2D eigenvalue weighted by atomic mass is 9.84. The zero-order valence-corrected chi connectivity index (χ0v) is 12.9. The van der Waals surface area contributed by atoms with Crippen LogP contribution in [0, 0.1) is 17.2 Å². The van der Waals surface area contributed by atoms with Crippen molar-refractivity contribution in [3.05, 3.63) is 35.4 Å². The van der Waals surface area contributed by atoms with E-state index in [0.29, 0.717) is 17.9 Å². The molecule has 0 spiro atoms. The van der Waals surface area contributed by atoms with Crippen LogP contribution in [-0.2, 0) is 11.2 Å². The van der Waals surface area contributed by atoms with Gasteiger partial charge in [0.25, 0.3) is 5.91 Å². The molecule has 0 radical (unpaired) electrons. The van der Waals surface area contributed by atoms with Gasteiger partial charge < -0.3 is 10.0 Å². The first-order valence-corrected chi connectivity index (χ1v) is 8.13. The minimum atomic E-state index is -0.916. The van der Waals surface area contributed by atoms with Crippen LogP contribution in [0.4, 0.5) is 0 Å². The highest BCUT2D eigenvalue weighted by Crippen LogP contribution is 2.40. The number of aliphatic carboxylic acids is 1. The second-order valence-electron chi connectivity index (χ2n) is 6.45. The summed E-state index contributed by atoms with van der Waals surface area (Å²) in [4.78, 5) is 26.2. The summed E-state index contributed by atoms with van der Waals surface area (Å²) in [6.45, 7) is 0. The number of amides is 1. The standard InChI is InChI=1S/C18H20N2O3/c19-9-8-12-4-3-6-14(10-12)17(21)20-15-7-2-1-5-13(15)11-16(20)18(22)23/h3-4,6,10,13,15-16H,1-2,5,7-8,11H2,(H,22,23)/t13-,15+,16+/m1/s1. The number of benzene rings is 1. The maximum absolute atomic E-state index is 13.0. The number of likely N-dealkylation sites (tertiary alicyclic amines) is 1. The highest BCUT2D eigenvalue weighted by Gasteiger charge is 2.47. The number of carbonyl (C=O) groups is 2. The molecule has 3 rings (SSSR count). The van der Waals surface area contributed by atoms with Crippen LogP contribution in [-0.4, -0.2) is 34.0 Å². The van der Waals surface area contributed by atoms with E-state index in [-0.39, 0.29) is 18.4 Å². The van der Waals surface area contributed by atoms with Crippen molar-refractivity contribution in [1.82, 2.24) is 4.90 Å². The number of hydrogen-bond donors (Lipinski definition) is 1. The van der Waals surface area contributed by atoms with E-state index in [0.717, 1.165) is 31.2 Å². The van der Waals surface area contributed by atoms with Gasteiger partial charge >= 0.3 is 5.97 Å². The third-order valence-corrected chi connectivity index (χ3v) is 5.06. The first-order chi connectivity index (χ1) is 11.1. The number of carboxylic acid groups (broad SMARTS) is 1. The Kier molecular flexibility index (Phi) is 4.33. The second kappa shape index (κ2) is 6.41. The molecule has 120 valence electrons. The molecule has 1 aromatic rings. The summed E-state index contributed by atoms with van der Waals surface area (Å²) in [6, 6.07) is 8.36. The van der Waals surface area contributed by atoms with E-state index >= 15 is 0 Å². The lowest BCUT2D eigenvalue weighted by Gasteiger charge is -2.33. The Morgan fingerprint density at radius 3 is 2.83 bits per heavy atom. The Balaban J connectivity index is 1.90. The van der Waals surface area contributed by atoms with Crippen molar-refractivity contribution in [3.8, 4) is 6.07 Å². The third kappa shape index (κ3) is 2.94. The molecule has 1 aliphatic carbocycles. The Bertz CT molecular complexity index is 664. The van der Waals surface area contributed by atoms with Crippen LogP contribution in [0.1, 0.15) is 48.0 Å². The van der Waals surface area contributed by atoms with Gasteiger partial charge in [0.2, 0.25) is 0 Å². The largest absolute Gasteiger partial charge is 0.480 e. The fourth-order valence-electron chi connectivity index (χ4n) is 4.03. The number of fused-ring (bicyclic) bond motifs is 1. The molecule has 1 saturated heterocycles. The number of nitrogens with zero attached hydrogens (tertiary/aromatic N) is 2. The van der Waals surface area contributed by atoms with Crippen molar-refractivity contribution in [3.63, 3.8) is 0 Å². The minimum Gasteiger partial charge on any atom is -0.480 e. The summed E-state index contributed by atoms with van der Waals surface area (Å²) in [5.41, 5.74) is 1.26. The van der Waals surface area contributed by atoms with Crippen molar-refractivity contribution in [2.45, 2.75) is 50.6 Å². The quantitative estimate of drug-likeness (QED) is 0.930. The predicted octanol–water partition coefficient (Wildman–Crippen LogP) is 2.61. The number of carboxylic acids is 1. The van der Waals surface area contributed by atoms with E-state index in [4.69, 9.17) is 5.26 Å². The fraction of sp³-hybridized carbons (Fsp3) is 0.500. The topological polar surface area (TPSA) is 81.4 Å². The summed E-state index contributed by atoms with van der Waals surface area (Å²) in [5.74, 6) is -0.830. The normalized spacial score (nSPS) is 26.4. The monoisotopic (exact) mass is 312 g/mol. The summed E-state index contributed by atoms with van der Waals surface area (Å²) in [7, 11) is 0. The van der Waals surface area contributed by atoms with Crippen LogP contribution < -0.4 is 0 Å². The van der Waals surface area contributed by atoms with Gasteiger partial charge in [0.15, 0.2) is 0 Å². The molecule has 1 amide bonds. The Hall–Kier alpha value is -2.35. The molecule has 0 aromatic heterocycles. The molecule has 5 heteroatoms. The number of nitriles is 1. The molecular weight excluding hydrogens is 292 g/mol. The van der Waals surface area contributed by atoms with Gasteiger partial charge in [-0.3, -0.25) is 4.79 Å². The highest BCUT2D eigenvalue weighted by atomic mass is 16.4. The van der Waals surface area contributed by atoms with Gasteiger partial charge in [0.1, 0.15) is 6.04 Å². The molecule has 0 unspecified atom stereocenters. The van der Waals surface area contributed by atoms with E-state index in [2.05, 4.69) is 6.07 Å². The Morgan fingerprint density at radius 1 is 1.30 bits per heavy atom. The van der Waals surface area contributed by atoms with Gasteiger partial charge in [-0.15, -0.1) is 0 Å². The number of carbonyl (C=O) groups excluding carboxylic acids is 1. The molecular formula is C18H20N2O3. The van der Waals surface area contributed by atoms with E-state index in [1.54, 1.807) is 23.1 Å². The molecule has 1 N–H and O–H groups in total.